The van der Waals surface area contributed by atoms with Crippen molar-refractivity contribution in [3.8, 4) is 0 Å². The molecule has 4 rings (SSSR count). The third-order valence-electron chi connectivity index (χ3n) is 10.3. The zero-order chi connectivity index (χ0) is 26.4. The van der Waals surface area contributed by atoms with Gasteiger partial charge in [-0.3, -0.25) is 19.2 Å². The van der Waals surface area contributed by atoms with Crippen molar-refractivity contribution < 1.29 is 33.4 Å². The Morgan fingerprint density at radius 1 is 1.06 bits per heavy atom. The van der Waals surface area contributed by atoms with Gasteiger partial charge in [0.25, 0.3) is 0 Å². The molecule has 0 heterocycles. The Morgan fingerprint density at radius 2 is 1.75 bits per heavy atom. The molecular weight excluding hydrogens is 460 g/mol. The van der Waals surface area contributed by atoms with Crippen LogP contribution in [0.4, 0.5) is 0 Å². The monoisotopic (exact) mass is 502 g/mol. The summed E-state index contributed by atoms with van der Waals surface area (Å²) in [6.07, 6.45) is 7.43. The van der Waals surface area contributed by atoms with Gasteiger partial charge in [-0.15, -0.1) is 0 Å². The number of esters is 3. The van der Waals surface area contributed by atoms with Crippen LogP contribution in [0.25, 0.3) is 0 Å². The number of hydrogen-bond donors (Lipinski definition) is 0. The Bertz CT molecular complexity index is 953. The van der Waals surface area contributed by atoms with E-state index in [1.165, 1.54) is 21.0 Å². The summed E-state index contributed by atoms with van der Waals surface area (Å²) in [6, 6.07) is 0. The lowest BCUT2D eigenvalue weighted by atomic mass is 9.47. The molecule has 0 aromatic carbocycles. The lowest BCUT2D eigenvalue weighted by Gasteiger charge is -2.58. The van der Waals surface area contributed by atoms with Crippen LogP contribution in [-0.4, -0.2) is 43.0 Å². The molecule has 0 aliphatic heterocycles. The van der Waals surface area contributed by atoms with Crippen molar-refractivity contribution in [2.24, 2.45) is 40.4 Å². The summed E-state index contributed by atoms with van der Waals surface area (Å²) >= 11 is 0. The summed E-state index contributed by atoms with van der Waals surface area (Å²) in [4.78, 5) is 49.5. The molecule has 9 atom stereocenters. The number of ether oxygens (including phenoxy) is 3. The molecule has 4 aliphatic rings. The Hall–Kier alpha value is -2.18. The summed E-state index contributed by atoms with van der Waals surface area (Å²) in [7, 11) is 1.41. The minimum absolute atomic E-state index is 0.0148. The summed E-state index contributed by atoms with van der Waals surface area (Å²) < 4.78 is 16.4. The van der Waals surface area contributed by atoms with E-state index in [0.717, 1.165) is 44.1 Å². The van der Waals surface area contributed by atoms with Crippen LogP contribution >= 0.6 is 0 Å². The second-order valence-electron chi connectivity index (χ2n) is 12.2. The first-order valence-electron chi connectivity index (χ1n) is 13.6. The average molecular weight is 503 g/mol. The van der Waals surface area contributed by atoms with Gasteiger partial charge in [0.05, 0.1) is 7.11 Å². The number of allylic oxidation sites excluding steroid dienone is 1. The van der Waals surface area contributed by atoms with Crippen LogP contribution in [0, 0.1) is 40.4 Å². The van der Waals surface area contributed by atoms with E-state index in [1.807, 2.05) is 6.08 Å². The van der Waals surface area contributed by atoms with Gasteiger partial charge < -0.3 is 14.2 Å². The quantitative estimate of drug-likeness (QED) is 0.380. The zero-order valence-corrected chi connectivity index (χ0v) is 22.6. The first kappa shape index (κ1) is 26.9. The first-order chi connectivity index (χ1) is 16.9. The van der Waals surface area contributed by atoms with Crippen LogP contribution < -0.4 is 0 Å². The molecule has 0 radical (unpaired) electrons. The van der Waals surface area contributed by atoms with E-state index < -0.39 is 5.41 Å². The third kappa shape index (κ3) is 4.51. The van der Waals surface area contributed by atoms with Crippen LogP contribution in [0.1, 0.15) is 86.0 Å². The molecule has 0 aromatic heterocycles. The van der Waals surface area contributed by atoms with Gasteiger partial charge in [0.2, 0.25) is 0 Å². The van der Waals surface area contributed by atoms with Gasteiger partial charge in [-0.05, 0) is 80.1 Å². The summed E-state index contributed by atoms with van der Waals surface area (Å²) in [5, 5.41) is 0. The summed E-state index contributed by atoms with van der Waals surface area (Å²) in [5.41, 5.74) is 0.422. The summed E-state index contributed by atoms with van der Waals surface area (Å²) in [6.45, 7) is 9.41. The molecule has 0 saturated heterocycles. The van der Waals surface area contributed by atoms with Crippen LogP contribution in [0.2, 0.25) is 0 Å². The van der Waals surface area contributed by atoms with Gasteiger partial charge in [-0.2, -0.15) is 0 Å². The number of fused-ring (bicyclic) bond motifs is 5. The van der Waals surface area contributed by atoms with Crippen LogP contribution in [-0.2, 0) is 33.4 Å². The van der Waals surface area contributed by atoms with Crippen molar-refractivity contribution >= 4 is 23.7 Å². The highest BCUT2D eigenvalue weighted by atomic mass is 16.5. The highest BCUT2D eigenvalue weighted by Crippen LogP contribution is 2.66. The third-order valence-corrected chi connectivity index (χ3v) is 10.3. The van der Waals surface area contributed by atoms with Gasteiger partial charge in [-0.1, -0.05) is 26.3 Å². The molecule has 0 spiro atoms. The highest BCUT2D eigenvalue weighted by molar-refractivity contribution is 5.97. The highest BCUT2D eigenvalue weighted by Gasteiger charge is 2.64. The van der Waals surface area contributed by atoms with E-state index >= 15 is 0 Å². The maximum Gasteiger partial charge on any atom is 0.305 e. The Kier molecular flexibility index (Phi) is 7.42. The van der Waals surface area contributed by atoms with E-state index in [2.05, 4.69) is 20.8 Å². The SMILES string of the molecule is COC(=O)CC[C@H](C)[C@@H]1CC[C@@H]2[C@@H]3C(=CC(=O)[C@@]21C)[C@@]1(C)CC[C@@H](OC(C)=O)C[C@@H]1C[C@H]3OC(C)=O. The number of hydrogen-bond acceptors (Lipinski definition) is 7. The number of ketones is 1. The van der Waals surface area contributed by atoms with Crippen LogP contribution in [0.3, 0.4) is 0 Å². The normalized spacial score (nSPS) is 40.2. The van der Waals surface area contributed by atoms with E-state index in [9.17, 15) is 19.2 Å². The molecule has 0 bridgehead atoms. The lowest BCUT2D eigenvalue weighted by Crippen LogP contribution is -2.57. The molecule has 200 valence electrons. The van der Waals surface area contributed by atoms with E-state index in [0.29, 0.717) is 12.8 Å². The first-order valence-corrected chi connectivity index (χ1v) is 13.6. The van der Waals surface area contributed by atoms with Crippen molar-refractivity contribution in [3.63, 3.8) is 0 Å². The Balaban J connectivity index is 1.67. The standard InChI is InChI=1S/C29H42O7/c1-16(7-10-26(33)34-6)21-8-9-22-27-23(15-25(32)29(21,22)5)28(4)12-11-20(35-17(2)30)13-19(28)14-24(27)36-18(3)31/h15-16,19-22,24,27H,7-14H2,1-6H3/t16-,19+,20+,21-,22+,24+,27+,28-,29+/m0/s1. The van der Waals surface area contributed by atoms with Crippen molar-refractivity contribution in [1.82, 2.24) is 0 Å². The average Bonchev–Trinajstić information content (AvgIpc) is 3.16. The molecule has 0 aromatic rings. The molecule has 0 amide bonds. The molecule has 0 N–H and O–H groups in total. The number of carbonyl (C=O) groups is 4. The fourth-order valence-corrected chi connectivity index (χ4v) is 8.49. The summed E-state index contributed by atoms with van der Waals surface area (Å²) in [5.74, 6) is 0.0587. The molecule has 36 heavy (non-hydrogen) atoms. The van der Waals surface area contributed by atoms with Gasteiger partial charge in [0.1, 0.15) is 12.2 Å². The predicted octanol–water partition coefficient (Wildman–Crippen LogP) is 4.81. The maximum absolute atomic E-state index is 14.0. The second-order valence-corrected chi connectivity index (χ2v) is 12.2. The minimum atomic E-state index is -0.541. The van der Waals surface area contributed by atoms with Crippen LogP contribution in [0.15, 0.2) is 11.6 Å². The van der Waals surface area contributed by atoms with E-state index in [1.54, 1.807) is 0 Å². The minimum Gasteiger partial charge on any atom is -0.469 e. The van der Waals surface area contributed by atoms with Crippen molar-refractivity contribution in [1.29, 1.82) is 0 Å². The number of methoxy groups -OCH3 is 1. The molecule has 7 nitrogen and oxygen atoms in total. The Labute approximate surface area is 214 Å². The van der Waals surface area contributed by atoms with Gasteiger partial charge >= 0.3 is 17.9 Å². The maximum atomic E-state index is 14.0. The molecular formula is C29H42O7. The molecule has 3 fully saturated rings. The smallest absolute Gasteiger partial charge is 0.305 e. The van der Waals surface area contributed by atoms with Gasteiger partial charge in [0, 0.05) is 31.6 Å². The van der Waals surface area contributed by atoms with Crippen molar-refractivity contribution in [3.05, 3.63) is 11.6 Å². The Morgan fingerprint density at radius 3 is 2.39 bits per heavy atom. The second kappa shape index (κ2) is 9.94. The lowest BCUT2D eigenvalue weighted by molar-refractivity contribution is -0.162. The molecule has 7 heteroatoms. The van der Waals surface area contributed by atoms with E-state index in [4.69, 9.17) is 14.2 Å². The molecule has 4 aliphatic carbocycles. The van der Waals surface area contributed by atoms with Crippen molar-refractivity contribution in [2.75, 3.05) is 7.11 Å². The van der Waals surface area contributed by atoms with Gasteiger partial charge in [-0.25, -0.2) is 0 Å². The van der Waals surface area contributed by atoms with E-state index in [-0.39, 0.29) is 70.9 Å². The van der Waals surface area contributed by atoms with Crippen molar-refractivity contribution in [2.45, 2.75) is 98.2 Å². The van der Waals surface area contributed by atoms with Crippen LogP contribution in [0.5, 0.6) is 0 Å². The largest absolute Gasteiger partial charge is 0.469 e. The fourth-order valence-electron chi connectivity index (χ4n) is 8.49. The zero-order valence-electron chi connectivity index (χ0n) is 22.6. The number of rotatable bonds is 6. The molecule has 0 unspecified atom stereocenters. The topological polar surface area (TPSA) is 96.0 Å². The molecule has 3 saturated carbocycles. The predicted molar refractivity (Wildman–Crippen MR) is 132 cm³/mol. The number of carbonyl (C=O) groups excluding carboxylic acids is 4. The van der Waals surface area contributed by atoms with Gasteiger partial charge in [0.15, 0.2) is 5.78 Å². The fraction of sp³-hybridized carbons (Fsp3) is 0.793.